The van der Waals surface area contributed by atoms with E-state index in [9.17, 15) is 13.5 Å². The quantitative estimate of drug-likeness (QED) is 0.535. The molecule has 1 N–H and O–H groups in total. The molecule has 0 unspecified atom stereocenters. The molecule has 0 saturated heterocycles. The summed E-state index contributed by atoms with van der Waals surface area (Å²) < 4.78 is 28.8. The van der Waals surface area contributed by atoms with E-state index in [0.29, 0.717) is 5.52 Å². The van der Waals surface area contributed by atoms with Gasteiger partial charge in [0.05, 0.1) is 16.5 Å². The maximum absolute atomic E-state index is 13.7. The minimum Gasteiger partial charge on any atom is -0.392 e. The molecule has 32 heavy (non-hydrogen) atoms. The molecule has 0 spiro atoms. The third kappa shape index (κ3) is 2.74. The third-order valence-corrected chi connectivity index (χ3v) is 9.98. The first-order valence-corrected chi connectivity index (χ1v) is 12.7. The molecule has 1 heterocycles. The summed E-state index contributed by atoms with van der Waals surface area (Å²) >= 11 is 0. The van der Waals surface area contributed by atoms with Crippen LogP contribution >= 0.6 is 0 Å². The summed E-state index contributed by atoms with van der Waals surface area (Å²) in [4.78, 5) is 0.270. The molecule has 0 aliphatic heterocycles. The average Bonchev–Trinajstić information content (AvgIpc) is 3.15. The van der Waals surface area contributed by atoms with Crippen LogP contribution in [0.15, 0.2) is 66.2 Å². The number of aliphatic hydroxyl groups excluding tert-OH is 1. The van der Waals surface area contributed by atoms with Gasteiger partial charge in [-0.2, -0.15) is 0 Å². The van der Waals surface area contributed by atoms with Crippen LogP contribution in [0, 0.1) is 18.3 Å². The van der Waals surface area contributed by atoms with Crippen molar-refractivity contribution in [3.8, 4) is 0 Å². The van der Waals surface area contributed by atoms with Gasteiger partial charge in [0.1, 0.15) is 0 Å². The molecule has 168 valence electrons. The van der Waals surface area contributed by atoms with Gasteiger partial charge >= 0.3 is 0 Å². The number of aryl methyl sites for hydroxylation is 1. The number of rotatable bonds is 3. The Hall–Kier alpha value is -2.37. The second-order valence-electron chi connectivity index (χ2n) is 10.4. The van der Waals surface area contributed by atoms with Gasteiger partial charge in [0.25, 0.3) is 10.0 Å². The van der Waals surface area contributed by atoms with E-state index in [1.807, 2.05) is 37.3 Å². The van der Waals surface area contributed by atoms with Gasteiger partial charge < -0.3 is 5.11 Å². The molecule has 3 aromatic rings. The van der Waals surface area contributed by atoms with E-state index in [1.54, 1.807) is 18.3 Å². The normalized spacial score (nSPS) is 29.0. The summed E-state index contributed by atoms with van der Waals surface area (Å²) in [5.74, 6) is 0.0789. The Morgan fingerprint density at radius 3 is 2.47 bits per heavy atom. The minimum absolute atomic E-state index is 0.145. The molecule has 2 aliphatic carbocycles. The molecule has 2 aromatic carbocycles. The fourth-order valence-electron chi connectivity index (χ4n) is 6.14. The van der Waals surface area contributed by atoms with Crippen LogP contribution in [0.25, 0.3) is 10.9 Å². The molecule has 4 nitrogen and oxygen atoms in total. The van der Waals surface area contributed by atoms with Crippen LogP contribution in [0.2, 0.25) is 0 Å². The SMILES string of the molecule is C=C[C@@]1(C)CC[C@@H]2[C@@H](c3cn(S(=O)(=O)c4ccc(C)cc4)c4cccc(c34)C2(C)C)[C@@H]1O. The van der Waals surface area contributed by atoms with Crippen molar-refractivity contribution in [1.82, 2.24) is 3.97 Å². The van der Waals surface area contributed by atoms with Gasteiger partial charge in [-0.3, -0.25) is 0 Å². The Labute approximate surface area is 190 Å². The summed E-state index contributed by atoms with van der Waals surface area (Å²) in [5.41, 5.74) is 3.23. The predicted octanol–water partition coefficient (Wildman–Crippen LogP) is 5.52. The maximum atomic E-state index is 13.7. The van der Waals surface area contributed by atoms with E-state index < -0.39 is 21.5 Å². The van der Waals surface area contributed by atoms with Crippen LogP contribution in [-0.2, 0) is 15.4 Å². The molecule has 0 bridgehead atoms. The summed E-state index contributed by atoms with van der Waals surface area (Å²) in [6.45, 7) is 12.5. The molecule has 5 rings (SSSR count). The monoisotopic (exact) mass is 449 g/mol. The van der Waals surface area contributed by atoms with Gasteiger partial charge in [-0.05, 0) is 60.4 Å². The predicted molar refractivity (Wildman–Crippen MR) is 129 cm³/mol. The molecule has 2 aliphatic rings. The topological polar surface area (TPSA) is 59.3 Å². The van der Waals surface area contributed by atoms with E-state index in [-0.39, 0.29) is 22.1 Å². The molecule has 1 saturated carbocycles. The first-order valence-electron chi connectivity index (χ1n) is 11.3. The van der Waals surface area contributed by atoms with Gasteiger partial charge in [0.2, 0.25) is 0 Å². The standard InChI is InChI=1S/C27H31NO3S/c1-6-27(5)15-14-21-24(25(27)29)19-16-28(32(30,31)18-12-10-17(2)11-13-18)22-9-7-8-20(23(19)22)26(21,3)4/h6-13,16,21,24-25,29H,1,14-15H2,2-5H3/t21-,24-,25+,27+/m1/s1. The summed E-state index contributed by atoms with van der Waals surface area (Å²) in [5, 5.41) is 12.5. The number of aliphatic hydroxyl groups is 1. The molecule has 1 aromatic heterocycles. The highest BCUT2D eigenvalue weighted by atomic mass is 32.2. The lowest BCUT2D eigenvalue weighted by Gasteiger charge is -2.53. The molecule has 4 atom stereocenters. The Kier molecular flexibility index (Phi) is 4.57. The van der Waals surface area contributed by atoms with Crippen LogP contribution in [0.1, 0.15) is 56.2 Å². The van der Waals surface area contributed by atoms with E-state index in [4.69, 9.17) is 0 Å². The molecule has 0 amide bonds. The van der Waals surface area contributed by atoms with Crippen molar-refractivity contribution in [2.45, 2.75) is 62.9 Å². The Bertz CT molecular complexity index is 1330. The van der Waals surface area contributed by atoms with E-state index in [1.165, 1.54) is 9.54 Å². The van der Waals surface area contributed by atoms with Crippen molar-refractivity contribution < 1.29 is 13.5 Å². The second-order valence-corrected chi connectivity index (χ2v) is 12.3. The summed E-state index contributed by atoms with van der Waals surface area (Å²) in [6.07, 6.45) is 4.86. The maximum Gasteiger partial charge on any atom is 0.268 e. The van der Waals surface area contributed by atoms with Gasteiger partial charge in [-0.15, -0.1) is 6.58 Å². The first-order chi connectivity index (χ1) is 15.0. The molecule has 5 heteroatoms. The van der Waals surface area contributed by atoms with E-state index in [0.717, 1.165) is 29.4 Å². The number of fused-ring (bicyclic) bond motifs is 2. The molecular formula is C27H31NO3S. The van der Waals surface area contributed by atoms with Crippen LogP contribution in [0.5, 0.6) is 0 Å². The second kappa shape index (κ2) is 6.82. The fourth-order valence-corrected chi connectivity index (χ4v) is 7.51. The van der Waals surface area contributed by atoms with Crippen LogP contribution < -0.4 is 0 Å². The van der Waals surface area contributed by atoms with E-state index >= 15 is 0 Å². The van der Waals surface area contributed by atoms with Gasteiger partial charge in [0.15, 0.2) is 0 Å². The van der Waals surface area contributed by atoms with Crippen LogP contribution in [-0.4, -0.2) is 23.6 Å². The Balaban J connectivity index is 1.80. The lowest BCUT2D eigenvalue weighted by atomic mass is 9.52. The highest BCUT2D eigenvalue weighted by Gasteiger charge is 2.53. The minimum atomic E-state index is -3.77. The molecular weight excluding hydrogens is 418 g/mol. The van der Waals surface area contributed by atoms with E-state index in [2.05, 4.69) is 33.4 Å². The number of aromatic nitrogens is 1. The number of benzene rings is 2. The number of hydrogen-bond donors (Lipinski definition) is 1. The molecule has 0 radical (unpaired) electrons. The van der Waals surface area contributed by atoms with Gasteiger partial charge in [-0.25, -0.2) is 12.4 Å². The summed E-state index contributed by atoms with van der Waals surface area (Å²) in [7, 11) is -3.77. The first kappa shape index (κ1) is 21.5. The zero-order valence-electron chi connectivity index (χ0n) is 19.2. The van der Waals surface area contributed by atoms with Crippen LogP contribution in [0.3, 0.4) is 0 Å². The van der Waals surface area contributed by atoms with Crippen molar-refractivity contribution in [1.29, 1.82) is 0 Å². The van der Waals surface area contributed by atoms with Crippen LogP contribution in [0.4, 0.5) is 0 Å². The van der Waals surface area contributed by atoms with Crippen molar-refractivity contribution in [3.05, 3.63) is 78.0 Å². The Morgan fingerprint density at radius 2 is 1.81 bits per heavy atom. The summed E-state index contributed by atoms with van der Waals surface area (Å²) in [6, 6.07) is 12.9. The van der Waals surface area contributed by atoms with Crippen molar-refractivity contribution in [3.63, 3.8) is 0 Å². The van der Waals surface area contributed by atoms with Crippen molar-refractivity contribution in [2.75, 3.05) is 0 Å². The van der Waals surface area contributed by atoms with Gasteiger partial charge in [0, 0.05) is 22.9 Å². The smallest absolute Gasteiger partial charge is 0.268 e. The zero-order chi connectivity index (χ0) is 23.1. The largest absolute Gasteiger partial charge is 0.392 e. The lowest BCUT2D eigenvalue weighted by molar-refractivity contribution is -0.0299. The van der Waals surface area contributed by atoms with Crippen molar-refractivity contribution >= 4 is 20.9 Å². The Morgan fingerprint density at radius 1 is 1.12 bits per heavy atom. The number of hydrogen-bond acceptors (Lipinski definition) is 3. The van der Waals surface area contributed by atoms with Crippen molar-refractivity contribution in [2.24, 2.45) is 11.3 Å². The number of nitrogens with zero attached hydrogens (tertiary/aromatic N) is 1. The lowest BCUT2D eigenvalue weighted by Crippen LogP contribution is -2.50. The highest BCUT2D eigenvalue weighted by molar-refractivity contribution is 7.90. The average molecular weight is 450 g/mol. The van der Waals surface area contributed by atoms with Gasteiger partial charge in [-0.1, -0.05) is 56.7 Å². The highest BCUT2D eigenvalue weighted by Crippen LogP contribution is 2.59. The molecule has 1 fully saturated rings. The third-order valence-electron chi connectivity index (χ3n) is 8.29. The fraction of sp³-hybridized carbons (Fsp3) is 0.407. The zero-order valence-corrected chi connectivity index (χ0v) is 20.0.